The molecule has 0 saturated carbocycles. The molecule has 25 heavy (non-hydrogen) atoms. The van der Waals surface area contributed by atoms with Crippen molar-refractivity contribution in [3.8, 4) is 0 Å². The van der Waals surface area contributed by atoms with Gasteiger partial charge in [0.1, 0.15) is 6.04 Å². The number of carbonyl (C=O) groups excluding carboxylic acids is 1. The van der Waals surface area contributed by atoms with Crippen molar-refractivity contribution in [1.82, 2.24) is 9.80 Å². The van der Waals surface area contributed by atoms with Crippen molar-refractivity contribution in [2.75, 3.05) is 39.9 Å². The molecule has 2 aliphatic rings. The predicted molar refractivity (Wildman–Crippen MR) is 97.2 cm³/mol. The summed E-state index contributed by atoms with van der Waals surface area (Å²) in [6.07, 6.45) is 4.22. The van der Waals surface area contributed by atoms with Gasteiger partial charge in [-0.25, -0.2) is 0 Å². The van der Waals surface area contributed by atoms with Gasteiger partial charge < -0.3 is 14.7 Å². The third kappa shape index (κ3) is 4.48. The predicted octanol–water partition coefficient (Wildman–Crippen LogP) is 1.99. The molecular weight excluding hydrogens is 316 g/mol. The molecule has 2 aliphatic heterocycles. The number of amides is 1. The molecule has 1 aromatic rings. The topological polar surface area (TPSA) is 53.0 Å². The number of benzene rings is 1. The van der Waals surface area contributed by atoms with E-state index in [1.807, 2.05) is 35.2 Å². The lowest BCUT2D eigenvalue weighted by atomic mass is 9.98. The molecule has 5 heteroatoms. The number of hydrogen-bond acceptors (Lipinski definition) is 4. The highest BCUT2D eigenvalue weighted by molar-refractivity contribution is 5.83. The third-order valence-corrected chi connectivity index (χ3v) is 5.16. The number of aliphatic hydroxyl groups excluding tert-OH is 1. The van der Waals surface area contributed by atoms with Crippen molar-refractivity contribution in [2.45, 2.75) is 31.4 Å². The molecule has 5 nitrogen and oxygen atoms in total. The van der Waals surface area contributed by atoms with E-state index in [1.54, 1.807) is 7.11 Å². The minimum atomic E-state index is -0.258. The Morgan fingerprint density at radius 1 is 1.24 bits per heavy atom. The average molecular weight is 344 g/mol. The lowest BCUT2D eigenvalue weighted by Gasteiger charge is -2.38. The maximum absolute atomic E-state index is 13.3. The van der Waals surface area contributed by atoms with Crippen LogP contribution in [-0.4, -0.2) is 66.8 Å². The number of likely N-dealkylation sites (tertiary alicyclic amines) is 1. The summed E-state index contributed by atoms with van der Waals surface area (Å²) in [5.74, 6) is 0.162. The van der Waals surface area contributed by atoms with E-state index in [0.717, 1.165) is 44.5 Å². The van der Waals surface area contributed by atoms with Crippen LogP contribution >= 0.6 is 0 Å². The number of nitrogens with zero attached hydrogens (tertiary/aromatic N) is 2. The molecular formula is C20H28N2O3. The Kier molecular flexibility index (Phi) is 6.24. The van der Waals surface area contributed by atoms with Crippen molar-refractivity contribution in [2.24, 2.45) is 0 Å². The average Bonchev–Trinajstić information content (AvgIpc) is 2.65. The number of ether oxygens (including phenoxy) is 1. The highest BCUT2D eigenvalue weighted by Crippen LogP contribution is 2.28. The standard InChI is InChI=1S/C20H28N2O3/c1-25-15-16-7-11-22(12-8-16)20(24)19(17-5-3-2-4-6-17)21-13-9-18(23)10-14-21/h2-7,18-19,23H,8-15H2,1H3/t19-/m1/s1. The molecule has 1 N–H and O–H groups in total. The summed E-state index contributed by atoms with van der Waals surface area (Å²) < 4.78 is 5.20. The zero-order valence-electron chi connectivity index (χ0n) is 14.9. The Labute approximate surface area is 149 Å². The van der Waals surface area contributed by atoms with Gasteiger partial charge >= 0.3 is 0 Å². The monoisotopic (exact) mass is 344 g/mol. The van der Waals surface area contributed by atoms with Crippen LogP contribution in [-0.2, 0) is 9.53 Å². The molecule has 0 spiro atoms. The summed E-state index contributed by atoms with van der Waals surface area (Å²) in [7, 11) is 1.70. The van der Waals surface area contributed by atoms with Crippen LogP contribution in [0.3, 0.4) is 0 Å². The number of piperidine rings is 1. The minimum Gasteiger partial charge on any atom is -0.393 e. The van der Waals surface area contributed by atoms with Crippen molar-refractivity contribution in [3.63, 3.8) is 0 Å². The Hall–Kier alpha value is -1.69. The summed E-state index contributed by atoms with van der Waals surface area (Å²) in [6.45, 7) is 3.55. The Balaban J connectivity index is 1.76. The zero-order valence-corrected chi connectivity index (χ0v) is 14.9. The normalized spacial score (nSPS) is 21.0. The molecule has 136 valence electrons. The fourth-order valence-corrected chi connectivity index (χ4v) is 3.69. The van der Waals surface area contributed by atoms with E-state index >= 15 is 0 Å². The molecule has 1 saturated heterocycles. The van der Waals surface area contributed by atoms with Crippen LogP contribution in [0, 0.1) is 0 Å². The first-order valence-electron chi connectivity index (χ1n) is 9.11. The van der Waals surface area contributed by atoms with Gasteiger partial charge in [-0.1, -0.05) is 36.4 Å². The van der Waals surface area contributed by atoms with Gasteiger partial charge in [-0.2, -0.15) is 0 Å². The maximum Gasteiger partial charge on any atom is 0.244 e. The molecule has 1 atom stereocenters. The summed E-state index contributed by atoms with van der Waals surface area (Å²) in [4.78, 5) is 17.5. The maximum atomic E-state index is 13.3. The lowest BCUT2D eigenvalue weighted by molar-refractivity contribution is -0.138. The van der Waals surface area contributed by atoms with E-state index in [9.17, 15) is 9.90 Å². The molecule has 0 aromatic heterocycles. The quantitative estimate of drug-likeness (QED) is 0.830. The Bertz CT molecular complexity index is 594. The fourth-order valence-electron chi connectivity index (χ4n) is 3.69. The third-order valence-electron chi connectivity index (χ3n) is 5.16. The molecule has 0 unspecified atom stereocenters. The van der Waals surface area contributed by atoms with Crippen LogP contribution in [0.1, 0.15) is 30.9 Å². The molecule has 1 amide bonds. The number of carbonyl (C=O) groups is 1. The molecule has 0 radical (unpaired) electrons. The zero-order chi connectivity index (χ0) is 17.6. The fraction of sp³-hybridized carbons (Fsp3) is 0.550. The highest BCUT2D eigenvalue weighted by atomic mass is 16.5. The number of hydrogen-bond donors (Lipinski definition) is 1. The molecule has 0 aliphatic carbocycles. The van der Waals surface area contributed by atoms with E-state index in [-0.39, 0.29) is 18.1 Å². The van der Waals surface area contributed by atoms with Crippen LogP contribution in [0.4, 0.5) is 0 Å². The summed E-state index contributed by atoms with van der Waals surface area (Å²) in [6, 6.07) is 9.76. The molecule has 3 rings (SSSR count). The minimum absolute atomic E-state index is 0.162. The van der Waals surface area contributed by atoms with E-state index in [4.69, 9.17) is 4.74 Å². The summed E-state index contributed by atoms with van der Waals surface area (Å²) >= 11 is 0. The molecule has 2 heterocycles. The number of methoxy groups -OCH3 is 1. The highest BCUT2D eigenvalue weighted by Gasteiger charge is 2.33. The van der Waals surface area contributed by atoms with Crippen LogP contribution < -0.4 is 0 Å². The van der Waals surface area contributed by atoms with Crippen LogP contribution in [0.2, 0.25) is 0 Å². The summed E-state index contributed by atoms with van der Waals surface area (Å²) in [5, 5.41) is 9.80. The Morgan fingerprint density at radius 2 is 1.96 bits per heavy atom. The van der Waals surface area contributed by atoms with Gasteiger partial charge in [0, 0.05) is 33.3 Å². The SMILES string of the molecule is COCC1=CCN(C(=O)[C@@H](c2ccccc2)N2CCC(O)CC2)CC1. The van der Waals surface area contributed by atoms with E-state index in [0.29, 0.717) is 13.2 Å². The largest absolute Gasteiger partial charge is 0.393 e. The van der Waals surface area contributed by atoms with E-state index < -0.39 is 0 Å². The second kappa shape index (κ2) is 8.61. The Morgan fingerprint density at radius 3 is 2.56 bits per heavy atom. The molecule has 0 bridgehead atoms. The van der Waals surface area contributed by atoms with Gasteiger partial charge in [0.05, 0.1) is 12.7 Å². The van der Waals surface area contributed by atoms with Gasteiger partial charge in [0.25, 0.3) is 0 Å². The van der Waals surface area contributed by atoms with Gasteiger partial charge in [-0.3, -0.25) is 9.69 Å². The van der Waals surface area contributed by atoms with E-state index in [2.05, 4.69) is 11.0 Å². The second-order valence-corrected chi connectivity index (χ2v) is 6.91. The number of aliphatic hydroxyl groups is 1. The lowest BCUT2D eigenvalue weighted by Crippen LogP contribution is -2.47. The smallest absolute Gasteiger partial charge is 0.244 e. The van der Waals surface area contributed by atoms with Crippen LogP contribution in [0.25, 0.3) is 0 Å². The van der Waals surface area contributed by atoms with Gasteiger partial charge in [-0.05, 0) is 30.4 Å². The van der Waals surface area contributed by atoms with E-state index in [1.165, 1.54) is 5.57 Å². The number of rotatable bonds is 5. The first-order valence-corrected chi connectivity index (χ1v) is 9.11. The van der Waals surface area contributed by atoms with Crippen LogP contribution in [0.5, 0.6) is 0 Å². The van der Waals surface area contributed by atoms with Gasteiger partial charge in [0.15, 0.2) is 0 Å². The second-order valence-electron chi connectivity index (χ2n) is 6.91. The first-order chi connectivity index (χ1) is 12.2. The van der Waals surface area contributed by atoms with Crippen LogP contribution in [0.15, 0.2) is 42.0 Å². The molecule has 1 fully saturated rings. The van der Waals surface area contributed by atoms with Crippen molar-refractivity contribution >= 4 is 5.91 Å². The van der Waals surface area contributed by atoms with Crippen molar-refractivity contribution < 1.29 is 14.6 Å². The first kappa shape index (κ1) is 18.1. The van der Waals surface area contributed by atoms with Crippen molar-refractivity contribution in [3.05, 3.63) is 47.5 Å². The molecule has 1 aromatic carbocycles. The van der Waals surface area contributed by atoms with Crippen molar-refractivity contribution in [1.29, 1.82) is 0 Å². The van der Waals surface area contributed by atoms with Gasteiger partial charge in [0.2, 0.25) is 5.91 Å². The van der Waals surface area contributed by atoms with Gasteiger partial charge in [-0.15, -0.1) is 0 Å². The summed E-state index contributed by atoms with van der Waals surface area (Å²) in [5.41, 5.74) is 2.31.